The number of carbonyl (C=O) groups is 1. The van der Waals surface area contributed by atoms with Crippen molar-refractivity contribution in [1.82, 2.24) is 10.2 Å². The van der Waals surface area contributed by atoms with Gasteiger partial charge in [0.05, 0.1) is 0 Å². The summed E-state index contributed by atoms with van der Waals surface area (Å²) in [5, 5.41) is 11.5. The van der Waals surface area contributed by atoms with E-state index in [4.69, 9.17) is 5.11 Å². The molecule has 7 heteroatoms. The summed E-state index contributed by atoms with van der Waals surface area (Å²) >= 11 is 0. The molecule has 0 bridgehead atoms. The normalized spacial score (nSPS) is 24.4. The number of alkyl halides is 3. The van der Waals surface area contributed by atoms with Gasteiger partial charge in [-0.05, 0) is 6.42 Å². The minimum atomic E-state index is -4.58. The van der Waals surface area contributed by atoms with Crippen LogP contribution in [-0.2, 0) is 4.79 Å². The van der Waals surface area contributed by atoms with Crippen LogP contribution in [0.4, 0.5) is 13.2 Å². The van der Waals surface area contributed by atoms with E-state index < -0.39 is 18.8 Å². The molecule has 4 nitrogen and oxygen atoms in total. The van der Waals surface area contributed by atoms with Crippen LogP contribution in [0.2, 0.25) is 0 Å². The van der Waals surface area contributed by atoms with Crippen molar-refractivity contribution in [3.05, 3.63) is 0 Å². The lowest BCUT2D eigenvalue weighted by molar-refractivity contribution is -0.207. The number of likely N-dealkylation sites (tertiary alicyclic amines) is 1. The quantitative estimate of drug-likeness (QED) is 0.736. The highest BCUT2D eigenvalue weighted by Gasteiger charge is 2.40. The number of hydrogen-bond donors (Lipinski definition) is 2. The van der Waals surface area contributed by atoms with Gasteiger partial charge in [-0.25, -0.2) is 0 Å². The fourth-order valence-corrected chi connectivity index (χ4v) is 1.75. The van der Waals surface area contributed by atoms with Gasteiger partial charge in [0.2, 0.25) is 5.91 Å². The molecule has 1 saturated heterocycles. The maximum atomic E-state index is 12.1. The topological polar surface area (TPSA) is 52.6 Å². The van der Waals surface area contributed by atoms with Crippen molar-refractivity contribution in [1.29, 1.82) is 0 Å². The molecule has 2 atom stereocenters. The lowest BCUT2D eigenvalue weighted by Crippen LogP contribution is -2.42. The molecule has 0 spiro atoms. The minimum Gasteiger partial charge on any atom is -0.382 e. The van der Waals surface area contributed by atoms with Gasteiger partial charge in [-0.3, -0.25) is 9.69 Å². The van der Waals surface area contributed by atoms with Crippen LogP contribution in [0.15, 0.2) is 0 Å². The number of halogens is 3. The Morgan fingerprint density at radius 2 is 2.25 bits per heavy atom. The molecule has 1 fully saturated rings. The van der Waals surface area contributed by atoms with Crippen LogP contribution in [-0.4, -0.2) is 53.9 Å². The Bertz CT molecular complexity index is 258. The van der Waals surface area contributed by atoms with Gasteiger partial charge < -0.3 is 10.4 Å². The average Bonchev–Trinajstić information content (AvgIpc) is 2.49. The van der Waals surface area contributed by atoms with Crippen LogP contribution in [0, 0.1) is 0 Å². The first-order chi connectivity index (χ1) is 7.29. The molecule has 2 N–H and O–H groups in total. The summed E-state index contributed by atoms with van der Waals surface area (Å²) in [7, 11) is 0. The van der Waals surface area contributed by atoms with Crippen molar-refractivity contribution in [2.75, 3.05) is 19.6 Å². The number of hydrogen-bond acceptors (Lipinski definition) is 3. The van der Waals surface area contributed by atoms with Gasteiger partial charge in [0.15, 0.2) is 6.10 Å². The molecular formula is C9H15F3N2O2. The van der Waals surface area contributed by atoms with Gasteiger partial charge in [0.25, 0.3) is 0 Å². The molecule has 1 amide bonds. The van der Waals surface area contributed by atoms with Gasteiger partial charge in [0, 0.05) is 32.6 Å². The van der Waals surface area contributed by atoms with Crippen molar-refractivity contribution in [3.8, 4) is 0 Å². The van der Waals surface area contributed by atoms with Crippen LogP contribution in [0.5, 0.6) is 0 Å². The second-order valence-corrected chi connectivity index (χ2v) is 4.00. The standard InChI is InChI=1S/C9H15F3N2O2/c1-6(15)13-7-2-3-14(4-7)5-8(16)9(10,11)12/h7-8,16H,2-5H2,1H3,(H,13,15). The largest absolute Gasteiger partial charge is 0.415 e. The van der Waals surface area contributed by atoms with Crippen molar-refractivity contribution >= 4 is 5.91 Å². The summed E-state index contributed by atoms with van der Waals surface area (Å²) in [6.45, 7) is 1.75. The average molecular weight is 240 g/mol. The van der Waals surface area contributed by atoms with E-state index in [1.807, 2.05) is 0 Å². The highest BCUT2D eigenvalue weighted by atomic mass is 19.4. The monoisotopic (exact) mass is 240 g/mol. The molecule has 0 aliphatic carbocycles. The summed E-state index contributed by atoms with van der Waals surface area (Å²) < 4.78 is 36.2. The third-order valence-corrected chi connectivity index (χ3v) is 2.49. The first-order valence-corrected chi connectivity index (χ1v) is 5.03. The van der Waals surface area contributed by atoms with Crippen LogP contribution < -0.4 is 5.32 Å². The summed E-state index contributed by atoms with van der Waals surface area (Å²) in [6, 6.07) is -0.113. The summed E-state index contributed by atoms with van der Waals surface area (Å²) in [5.41, 5.74) is 0. The molecule has 0 aromatic rings. The number of nitrogens with one attached hydrogen (secondary N) is 1. The van der Waals surface area contributed by atoms with Gasteiger partial charge in [0.1, 0.15) is 0 Å². The molecule has 0 aromatic carbocycles. The zero-order chi connectivity index (χ0) is 12.3. The number of β-amino-alcohol motifs (C(OH)–C–C–N with tert-alkyl or cyclic N) is 1. The Kier molecular flexibility index (Phi) is 4.15. The van der Waals surface area contributed by atoms with Crippen LogP contribution in [0.3, 0.4) is 0 Å². The minimum absolute atomic E-state index is 0.113. The van der Waals surface area contributed by atoms with Crippen LogP contribution in [0.1, 0.15) is 13.3 Å². The molecule has 0 radical (unpaired) electrons. The highest BCUT2D eigenvalue weighted by molar-refractivity contribution is 5.73. The van der Waals surface area contributed by atoms with Crippen molar-refractivity contribution in [2.24, 2.45) is 0 Å². The maximum Gasteiger partial charge on any atom is 0.415 e. The molecule has 94 valence electrons. The zero-order valence-electron chi connectivity index (χ0n) is 8.92. The molecule has 1 rings (SSSR count). The lowest BCUT2D eigenvalue weighted by Gasteiger charge is -2.21. The molecule has 1 aliphatic heterocycles. The number of aliphatic hydroxyl groups is 1. The molecular weight excluding hydrogens is 225 g/mol. The Labute approximate surface area is 91.4 Å². The fourth-order valence-electron chi connectivity index (χ4n) is 1.75. The molecule has 2 unspecified atom stereocenters. The number of amides is 1. The first-order valence-electron chi connectivity index (χ1n) is 5.03. The second-order valence-electron chi connectivity index (χ2n) is 4.00. The Morgan fingerprint density at radius 1 is 1.62 bits per heavy atom. The Balaban J connectivity index is 2.34. The summed E-state index contributed by atoms with van der Waals surface area (Å²) in [5.74, 6) is -0.191. The lowest BCUT2D eigenvalue weighted by atomic mass is 10.2. The van der Waals surface area contributed by atoms with E-state index in [0.717, 1.165) is 0 Å². The second kappa shape index (κ2) is 5.01. The van der Waals surface area contributed by atoms with Gasteiger partial charge in [-0.15, -0.1) is 0 Å². The van der Waals surface area contributed by atoms with Gasteiger partial charge in [-0.1, -0.05) is 0 Å². The smallest absolute Gasteiger partial charge is 0.382 e. The maximum absolute atomic E-state index is 12.1. The number of aliphatic hydroxyl groups excluding tert-OH is 1. The predicted octanol–water partition coefficient (Wildman–Crippen LogP) is 0.120. The number of nitrogens with zero attached hydrogens (tertiary/aromatic N) is 1. The summed E-state index contributed by atoms with van der Waals surface area (Å²) in [4.78, 5) is 12.2. The van der Waals surface area contributed by atoms with Crippen molar-refractivity contribution in [3.63, 3.8) is 0 Å². The fraction of sp³-hybridized carbons (Fsp3) is 0.889. The molecule has 1 heterocycles. The van der Waals surface area contributed by atoms with E-state index in [1.54, 1.807) is 0 Å². The molecule has 0 aromatic heterocycles. The Morgan fingerprint density at radius 3 is 2.75 bits per heavy atom. The van der Waals surface area contributed by atoms with E-state index in [2.05, 4.69) is 5.32 Å². The van der Waals surface area contributed by atoms with Crippen molar-refractivity contribution in [2.45, 2.75) is 31.7 Å². The van der Waals surface area contributed by atoms with E-state index in [-0.39, 0.29) is 11.9 Å². The predicted molar refractivity (Wildman–Crippen MR) is 50.7 cm³/mol. The summed E-state index contributed by atoms with van der Waals surface area (Å²) in [6.07, 6.45) is -6.28. The van der Waals surface area contributed by atoms with Crippen LogP contribution >= 0.6 is 0 Å². The van der Waals surface area contributed by atoms with Gasteiger partial charge in [-0.2, -0.15) is 13.2 Å². The SMILES string of the molecule is CC(=O)NC1CCN(CC(O)C(F)(F)F)C1. The number of rotatable bonds is 3. The van der Waals surface area contributed by atoms with E-state index in [1.165, 1.54) is 11.8 Å². The molecule has 0 saturated carbocycles. The van der Waals surface area contributed by atoms with E-state index in [0.29, 0.717) is 19.5 Å². The van der Waals surface area contributed by atoms with Crippen LogP contribution in [0.25, 0.3) is 0 Å². The first kappa shape index (κ1) is 13.2. The number of carbonyl (C=O) groups excluding carboxylic acids is 1. The van der Waals surface area contributed by atoms with E-state index >= 15 is 0 Å². The third-order valence-electron chi connectivity index (χ3n) is 2.49. The zero-order valence-corrected chi connectivity index (χ0v) is 8.92. The molecule has 16 heavy (non-hydrogen) atoms. The van der Waals surface area contributed by atoms with Gasteiger partial charge >= 0.3 is 6.18 Å². The van der Waals surface area contributed by atoms with E-state index in [9.17, 15) is 18.0 Å². The highest BCUT2D eigenvalue weighted by Crippen LogP contribution is 2.22. The Hall–Kier alpha value is -0.820. The van der Waals surface area contributed by atoms with Crippen molar-refractivity contribution < 1.29 is 23.1 Å². The third kappa shape index (κ3) is 3.97. The molecule has 1 aliphatic rings.